The largest absolute Gasteiger partial charge is 0.492 e. The number of anilines is 2. The van der Waals surface area contributed by atoms with E-state index in [9.17, 15) is 19.5 Å². The predicted molar refractivity (Wildman–Crippen MR) is 174 cm³/mol. The van der Waals surface area contributed by atoms with Gasteiger partial charge in [0.1, 0.15) is 24.2 Å². The fourth-order valence-corrected chi connectivity index (χ4v) is 4.76. The van der Waals surface area contributed by atoms with E-state index in [4.69, 9.17) is 9.15 Å². The summed E-state index contributed by atoms with van der Waals surface area (Å²) in [4.78, 5) is 40.0. The molecule has 1 amide bonds. The molecule has 0 saturated carbocycles. The molecule has 0 saturated heterocycles. The highest BCUT2D eigenvalue weighted by Crippen LogP contribution is 2.22. The molecule has 0 spiro atoms. The molecule has 45 heavy (non-hydrogen) atoms. The van der Waals surface area contributed by atoms with Gasteiger partial charge < -0.3 is 24.5 Å². The average molecular weight is 601 g/mol. The number of hydrogen-bond donors (Lipinski definition) is 2. The summed E-state index contributed by atoms with van der Waals surface area (Å²) in [5.41, 5.74) is 2.90. The zero-order valence-corrected chi connectivity index (χ0v) is 24.4. The highest BCUT2D eigenvalue weighted by Gasteiger charge is 2.21. The van der Waals surface area contributed by atoms with Gasteiger partial charge in [-0.25, -0.2) is 4.79 Å². The summed E-state index contributed by atoms with van der Waals surface area (Å²) in [5, 5.41) is 13.0. The maximum Gasteiger partial charge on any atom is 0.326 e. The first-order valence-corrected chi connectivity index (χ1v) is 14.5. The number of furan rings is 1. The summed E-state index contributed by atoms with van der Waals surface area (Å²) in [5.74, 6) is -0.271. The highest BCUT2D eigenvalue weighted by molar-refractivity contribution is 6.12. The molecule has 0 fully saturated rings. The highest BCUT2D eigenvalue weighted by atomic mass is 16.5. The van der Waals surface area contributed by atoms with Crippen LogP contribution in [0.4, 0.5) is 11.4 Å². The number of carbonyl (C=O) groups is 3. The van der Waals surface area contributed by atoms with Crippen LogP contribution in [-0.4, -0.2) is 42.0 Å². The molecule has 8 heteroatoms. The smallest absolute Gasteiger partial charge is 0.326 e. The molecule has 1 heterocycles. The van der Waals surface area contributed by atoms with Crippen molar-refractivity contribution in [3.05, 3.63) is 156 Å². The molecule has 8 nitrogen and oxygen atoms in total. The van der Waals surface area contributed by atoms with Crippen LogP contribution in [0.15, 0.2) is 138 Å². The second-order valence-electron chi connectivity index (χ2n) is 10.1. The lowest BCUT2D eigenvalue weighted by molar-refractivity contribution is -0.137. The molecule has 0 bridgehead atoms. The number of rotatable bonds is 14. The van der Waals surface area contributed by atoms with Crippen LogP contribution < -0.4 is 15.0 Å². The van der Waals surface area contributed by atoms with Gasteiger partial charge in [-0.1, -0.05) is 72.8 Å². The van der Waals surface area contributed by atoms with Crippen LogP contribution in [0.2, 0.25) is 0 Å². The van der Waals surface area contributed by atoms with Gasteiger partial charge in [0, 0.05) is 35.0 Å². The first-order chi connectivity index (χ1) is 22.0. The third kappa shape index (κ3) is 8.36. The van der Waals surface area contributed by atoms with E-state index in [1.165, 1.54) is 6.08 Å². The minimum absolute atomic E-state index is 0.182. The quantitative estimate of drug-likeness (QED) is 0.107. The second-order valence-corrected chi connectivity index (χ2v) is 10.1. The Morgan fingerprint density at radius 3 is 2.20 bits per heavy atom. The SMILES string of the molecule is O=C(c1ccccc1)c1ccccc1N[C@@H](Cc1ccc(OCCN(C(=O)/C=C/c2ccco2)c2ccccc2)cc1)C(=O)O. The van der Waals surface area contributed by atoms with Gasteiger partial charge in [-0.3, -0.25) is 9.59 Å². The van der Waals surface area contributed by atoms with E-state index in [-0.39, 0.29) is 24.7 Å². The summed E-state index contributed by atoms with van der Waals surface area (Å²) in [6, 6.07) is 34.8. The minimum Gasteiger partial charge on any atom is -0.492 e. The van der Waals surface area contributed by atoms with Gasteiger partial charge in [-0.15, -0.1) is 0 Å². The molecule has 1 aromatic heterocycles. The van der Waals surface area contributed by atoms with Crippen molar-refractivity contribution in [1.82, 2.24) is 0 Å². The van der Waals surface area contributed by atoms with Gasteiger partial charge in [0.05, 0.1) is 12.8 Å². The van der Waals surface area contributed by atoms with Crippen LogP contribution in [0, 0.1) is 0 Å². The number of ketones is 1. The number of carbonyl (C=O) groups excluding carboxylic acids is 2. The summed E-state index contributed by atoms with van der Waals surface area (Å²) in [6.07, 6.45) is 4.81. The Morgan fingerprint density at radius 2 is 1.51 bits per heavy atom. The molecule has 0 unspecified atom stereocenters. The zero-order valence-electron chi connectivity index (χ0n) is 24.4. The monoisotopic (exact) mass is 600 g/mol. The number of nitrogens with zero attached hydrogens (tertiary/aromatic N) is 1. The van der Waals surface area contributed by atoms with Crippen molar-refractivity contribution in [3.63, 3.8) is 0 Å². The van der Waals surface area contributed by atoms with Crippen molar-refractivity contribution in [2.75, 3.05) is 23.4 Å². The molecule has 0 aliphatic heterocycles. The van der Waals surface area contributed by atoms with E-state index in [0.717, 1.165) is 11.3 Å². The van der Waals surface area contributed by atoms with Crippen molar-refractivity contribution >= 4 is 35.1 Å². The average Bonchev–Trinajstić information content (AvgIpc) is 3.61. The maximum absolute atomic E-state index is 13.1. The molecule has 5 rings (SSSR count). The Labute approximate surface area is 261 Å². The van der Waals surface area contributed by atoms with Crippen LogP contribution in [0.5, 0.6) is 5.75 Å². The number of carboxylic acids is 1. The van der Waals surface area contributed by atoms with E-state index in [2.05, 4.69) is 5.32 Å². The van der Waals surface area contributed by atoms with E-state index in [1.54, 1.807) is 102 Å². The Bertz CT molecular complexity index is 1730. The number of benzene rings is 4. The van der Waals surface area contributed by atoms with Crippen LogP contribution in [0.3, 0.4) is 0 Å². The van der Waals surface area contributed by atoms with E-state index < -0.39 is 12.0 Å². The number of hydrogen-bond acceptors (Lipinski definition) is 6. The Morgan fingerprint density at radius 1 is 0.822 bits per heavy atom. The first kappa shape index (κ1) is 30.6. The number of para-hydroxylation sites is 2. The molecule has 1 atom stereocenters. The third-order valence-electron chi connectivity index (χ3n) is 7.05. The fraction of sp³-hybridized carbons (Fsp3) is 0.108. The lowest BCUT2D eigenvalue weighted by Crippen LogP contribution is -2.33. The number of amides is 1. The van der Waals surface area contributed by atoms with Crippen LogP contribution in [0.1, 0.15) is 27.2 Å². The normalized spacial score (nSPS) is 11.6. The molecule has 0 radical (unpaired) electrons. The topological polar surface area (TPSA) is 109 Å². The molecule has 226 valence electrons. The van der Waals surface area contributed by atoms with Gasteiger partial charge in [-0.2, -0.15) is 0 Å². The lowest BCUT2D eigenvalue weighted by atomic mass is 10.00. The summed E-state index contributed by atoms with van der Waals surface area (Å²) >= 11 is 0. The van der Waals surface area contributed by atoms with Gasteiger partial charge in [-0.05, 0) is 60.2 Å². The van der Waals surface area contributed by atoms with E-state index >= 15 is 0 Å². The van der Waals surface area contributed by atoms with Crippen LogP contribution in [0.25, 0.3) is 6.08 Å². The summed E-state index contributed by atoms with van der Waals surface area (Å²) in [7, 11) is 0. The molecule has 0 aliphatic carbocycles. The molecule has 5 aromatic rings. The van der Waals surface area contributed by atoms with Gasteiger partial charge in [0.15, 0.2) is 5.78 Å². The lowest BCUT2D eigenvalue weighted by Gasteiger charge is -2.21. The number of carboxylic acid groups (broad SMARTS) is 1. The third-order valence-corrected chi connectivity index (χ3v) is 7.05. The van der Waals surface area contributed by atoms with E-state index in [0.29, 0.717) is 34.9 Å². The Kier molecular flexibility index (Phi) is 10.2. The van der Waals surface area contributed by atoms with Crippen molar-refractivity contribution in [2.45, 2.75) is 12.5 Å². The molecular weight excluding hydrogens is 568 g/mol. The minimum atomic E-state index is -1.04. The molecule has 4 aromatic carbocycles. The standard InChI is InChI=1S/C37H32N2O6/c40-35(22-21-30-14-9-24-44-30)39(29-12-5-2-6-13-29)23-25-45-31-19-17-27(18-20-31)26-34(37(42)43)38-33-16-8-7-15-32(33)36(41)28-10-3-1-4-11-28/h1-22,24,34,38H,23,25-26H2,(H,42,43)/b22-21+/t34-/m0/s1. The molecular formula is C37H32N2O6. The Balaban J connectivity index is 1.20. The van der Waals surface area contributed by atoms with Crippen molar-refractivity contribution in [3.8, 4) is 5.75 Å². The fourth-order valence-electron chi connectivity index (χ4n) is 4.76. The summed E-state index contributed by atoms with van der Waals surface area (Å²) < 4.78 is 11.2. The van der Waals surface area contributed by atoms with Gasteiger partial charge in [0.25, 0.3) is 5.91 Å². The maximum atomic E-state index is 13.1. The van der Waals surface area contributed by atoms with E-state index in [1.807, 2.05) is 36.4 Å². The first-order valence-electron chi connectivity index (χ1n) is 14.5. The van der Waals surface area contributed by atoms with Gasteiger partial charge in [0.2, 0.25) is 0 Å². The summed E-state index contributed by atoms with van der Waals surface area (Å²) in [6.45, 7) is 0.541. The molecule has 2 N–H and O–H groups in total. The van der Waals surface area contributed by atoms with Crippen LogP contribution >= 0.6 is 0 Å². The van der Waals surface area contributed by atoms with Crippen molar-refractivity contribution < 1.29 is 28.6 Å². The number of nitrogens with one attached hydrogen (secondary N) is 1. The van der Waals surface area contributed by atoms with Crippen LogP contribution in [-0.2, 0) is 16.0 Å². The predicted octanol–water partition coefficient (Wildman–Crippen LogP) is 6.74. The number of ether oxygens (including phenoxy) is 1. The molecule has 0 aliphatic rings. The number of aliphatic carboxylic acids is 1. The zero-order chi connectivity index (χ0) is 31.4. The Hall–Kier alpha value is -5.89. The van der Waals surface area contributed by atoms with Crippen molar-refractivity contribution in [1.29, 1.82) is 0 Å². The van der Waals surface area contributed by atoms with Crippen molar-refractivity contribution in [2.24, 2.45) is 0 Å². The van der Waals surface area contributed by atoms with Gasteiger partial charge >= 0.3 is 5.97 Å². The second kappa shape index (κ2) is 15.0.